The highest BCUT2D eigenvalue weighted by molar-refractivity contribution is 6.03. The van der Waals surface area contributed by atoms with Gasteiger partial charge in [-0.1, -0.05) is 63.3 Å². The summed E-state index contributed by atoms with van der Waals surface area (Å²) < 4.78 is 12.4. The second-order valence-electron chi connectivity index (χ2n) is 15.4. The highest BCUT2D eigenvalue weighted by Crippen LogP contribution is 2.60. The van der Waals surface area contributed by atoms with E-state index in [9.17, 15) is 9.90 Å². The van der Waals surface area contributed by atoms with E-state index in [0.29, 0.717) is 42.9 Å². The second kappa shape index (κ2) is 14.1. The lowest BCUT2D eigenvalue weighted by Gasteiger charge is -2.46. The molecule has 3 heterocycles. The van der Waals surface area contributed by atoms with Gasteiger partial charge in [-0.05, 0) is 75.3 Å². The first-order chi connectivity index (χ1) is 23.2. The summed E-state index contributed by atoms with van der Waals surface area (Å²) in [5, 5.41) is 10.9. The zero-order valence-electron chi connectivity index (χ0n) is 29.9. The van der Waals surface area contributed by atoms with Crippen molar-refractivity contribution in [1.82, 2.24) is 9.80 Å². The van der Waals surface area contributed by atoms with E-state index in [1.165, 1.54) is 0 Å². The quantitative estimate of drug-likeness (QED) is 0.250. The predicted molar refractivity (Wildman–Crippen MR) is 191 cm³/mol. The van der Waals surface area contributed by atoms with Gasteiger partial charge in [0.15, 0.2) is 0 Å². The fourth-order valence-electron chi connectivity index (χ4n) is 8.84. The smallest absolute Gasteiger partial charge is 0.249 e. The van der Waals surface area contributed by atoms with E-state index in [2.05, 4.69) is 33.9 Å². The third-order valence-electron chi connectivity index (χ3n) is 10.3. The lowest BCUT2D eigenvalue weighted by Crippen LogP contribution is -2.61. The Morgan fingerprint density at radius 2 is 1.69 bits per heavy atom. The molecule has 0 aliphatic carbocycles. The average Bonchev–Trinajstić information content (AvgIpc) is 3.70. The van der Waals surface area contributed by atoms with Crippen molar-refractivity contribution >= 4 is 23.4 Å². The molecule has 9 nitrogen and oxygen atoms in total. The molecule has 2 unspecified atom stereocenters. The van der Waals surface area contributed by atoms with Crippen molar-refractivity contribution in [2.45, 2.75) is 90.1 Å². The summed E-state index contributed by atoms with van der Waals surface area (Å²) in [4.78, 5) is 49.9. The Kier molecular flexibility index (Phi) is 10.5. The van der Waals surface area contributed by atoms with Gasteiger partial charge in [0.2, 0.25) is 17.7 Å². The summed E-state index contributed by atoms with van der Waals surface area (Å²) >= 11 is 0. The molecule has 5 rings (SSSR count). The van der Waals surface area contributed by atoms with Gasteiger partial charge in [0.1, 0.15) is 17.4 Å². The Morgan fingerprint density at radius 1 is 1.04 bits per heavy atom. The Hall–Kier alpha value is -3.95. The van der Waals surface area contributed by atoms with E-state index in [4.69, 9.17) is 9.47 Å². The molecular weight excluding hydrogens is 618 g/mol. The first-order valence-electron chi connectivity index (χ1n) is 17.5. The number of carbonyl (C=O) groups is 3. The molecule has 9 heteroatoms. The van der Waals surface area contributed by atoms with Crippen LogP contribution in [-0.4, -0.2) is 82.2 Å². The Balaban J connectivity index is 1.62. The number of aliphatic hydroxyl groups excluding tert-OH is 1. The molecule has 49 heavy (non-hydrogen) atoms. The number of amides is 3. The van der Waals surface area contributed by atoms with Crippen LogP contribution in [0.5, 0.6) is 5.75 Å². The number of carbonyl (C=O) groups excluding carboxylic acids is 3. The first kappa shape index (κ1) is 36.3. The molecule has 264 valence electrons. The Morgan fingerprint density at radius 3 is 2.27 bits per heavy atom. The summed E-state index contributed by atoms with van der Waals surface area (Å²) in [6.45, 7) is 20.9. The van der Waals surface area contributed by atoms with Gasteiger partial charge in [-0.15, -0.1) is 13.2 Å². The minimum atomic E-state index is -1.24. The van der Waals surface area contributed by atoms with Gasteiger partial charge in [0.25, 0.3) is 0 Å². The van der Waals surface area contributed by atoms with Crippen molar-refractivity contribution < 1.29 is 29.0 Å². The van der Waals surface area contributed by atoms with Crippen LogP contribution in [0.2, 0.25) is 0 Å². The number of hydrogen-bond acceptors (Lipinski definition) is 6. The summed E-state index contributed by atoms with van der Waals surface area (Å²) in [6, 6.07) is 14.7. The maximum absolute atomic E-state index is 15.2. The maximum Gasteiger partial charge on any atom is 0.249 e. The lowest BCUT2D eigenvalue weighted by molar-refractivity contribution is -0.155. The zero-order chi connectivity index (χ0) is 35.7. The van der Waals surface area contributed by atoms with Crippen molar-refractivity contribution in [2.75, 3.05) is 31.2 Å². The third kappa shape index (κ3) is 6.67. The molecule has 3 amide bonds. The highest BCUT2D eigenvalue weighted by Gasteiger charge is 2.76. The van der Waals surface area contributed by atoms with E-state index < -0.39 is 47.8 Å². The highest BCUT2D eigenvalue weighted by atomic mass is 16.5. The normalized spacial score (nSPS) is 25.1. The van der Waals surface area contributed by atoms with E-state index in [1.807, 2.05) is 80.3 Å². The van der Waals surface area contributed by atoms with Gasteiger partial charge < -0.3 is 29.3 Å². The van der Waals surface area contributed by atoms with Gasteiger partial charge in [-0.2, -0.15) is 0 Å². The molecule has 0 aromatic heterocycles. The topological polar surface area (TPSA) is 99.6 Å². The van der Waals surface area contributed by atoms with Crippen molar-refractivity contribution in [3.05, 3.63) is 85.5 Å². The molecule has 1 N–H and O–H groups in total. The number of hydrogen-bond donors (Lipinski definition) is 1. The van der Waals surface area contributed by atoms with Crippen LogP contribution in [0.4, 0.5) is 5.69 Å². The molecule has 2 aromatic carbocycles. The molecule has 1 spiro atoms. The van der Waals surface area contributed by atoms with Crippen molar-refractivity contribution in [2.24, 2.45) is 17.3 Å². The molecular formula is C40H53N3O6. The van der Waals surface area contributed by atoms with Crippen LogP contribution >= 0.6 is 0 Å². The van der Waals surface area contributed by atoms with E-state index >= 15 is 9.59 Å². The number of likely N-dealkylation sites (tertiary alicyclic amines) is 1. The number of rotatable bonds is 14. The van der Waals surface area contributed by atoms with E-state index in [-0.39, 0.29) is 36.2 Å². The van der Waals surface area contributed by atoms with Crippen molar-refractivity contribution in [3.63, 3.8) is 0 Å². The Labute approximate surface area is 291 Å². The third-order valence-corrected chi connectivity index (χ3v) is 10.3. The maximum atomic E-state index is 15.2. The van der Waals surface area contributed by atoms with Crippen molar-refractivity contribution in [1.29, 1.82) is 0 Å². The second-order valence-corrected chi connectivity index (χ2v) is 15.4. The van der Waals surface area contributed by atoms with Gasteiger partial charge >= 0.3 is 0 Å². The van der Waals surface area contributed by atoms with Gasteiger partial charge in [-0.3, -0.25) is 14.4 Å². The molecule has 3 fully saturated rings. The van der Waals surface area contributed by atoms with Crippen LogP contribution in [0.25, 0.3) is 0 Å². The number of aliphatic hydroxyl groups is 1. The summed E-state index contributed by atoms with van der Waals surface area (Å²) in [5.74, 6) is -1.90. The number of nitrogens with zero attached hydrogens (tertiary/aromatic N) is 3. The van der Waals surface area contributed by atoms with Gasteiger partial charge in [0.05, 0.1) is 37.2 Å². The number of ether oxygens (including phenoxy) is 2. The fraction of sp³-hybridized carbons (Fsp3) is 0.525. The number of anilines is 1. The van der Waals surface area contributed by atoms with Crippen LogP contribution in [0.1, 0.15) is 72.4 Å². The summed E-state index contributed by atoms with van der Waals surface area (Å²) in [5.41, 5.74) is -0.579. The van der Waals surface area contributed by atoms with E-state index in [1.54, 1.807) is 22.0 Å². The van der Waals surface area contributed by atoms with Crippen LogP contribution in [-0.2, 0) is 19.1 Å². The molecule has 0 saturated carbocycles. The minimum Gasteiger partial charge on any atom is -0.494 e. The number of fused-ring (bicyclic) bond motifs is 1. The van der Waals surface area contributed by atoms with Crippen LogP contribution < -0.4 is 9.64 Å². The van der Waals surface area contributed by atoms with Crippen LogP contribution in [0, 0.1) is 17.3 Å². The fourth-order valence-corrected chi connectivity index (χ4v) is 8.84. The van der Waals surface area contributed by atoms with Crippen molar-refractivity contribution in [3.8, 4) is 5.75 Å². The zero-order valence-corrected chi connectivity index (χ0v) is 29.9. The van der Waals surface area contributed by atoms with Gasteiger partial charge in [0, 0.05) is 24.3 Å². The summed E-state index contributed by atoms with van der Waals surface area (Å²) in [7, 11) is 0. The molecule has 3 aliphatic heterocycles. The molecule has 2 bridgehead atoms. The monoisotopic (exact) mass is 671 g/mol. The summed E-state index contributed by atoms with van der Waals surface area (Å²) in [6.07, 6.45) is 4.52. The lowest BCUT2D eigenvalue weighted by atomic mass is 9.70. The number of benzene rings is 2. The molecule has 3 aliphatic rings. The molecule has 0 radical (unpaired) electrons. The largest absolute Gasteiger partial charge is 0.494 e. The molecule has 3 saturated heterocycles. The minimum absolute atomic E-state index is 0.0951. The van der Waals surface area contributed by atoms with Crippen LogP contribution in [0.3, 0.4) is 0 Å². The van der Waals surface area contributed by atoms with E-state index in [0.717, 1.165) is 0 Å². The standard InChI is InChI=1S/C40H53N3O6/c1-9-23-41(28-17-19-29(20-18-28)48-11-3)35(45)32-31-21-22-40(49-31)33(32)36(46)43(30(25-44)27-15-13-12-14-16-27)34(40)37(47)42(24-10-2)39(7,8)26-38(4,5)6/h9-10,12-20,30-34,44H,1-2,11,21-26H2,3-8H3/t30-,31+,32-,33+,34?,40?/m1/s1. The predicted octanol–water partition coefficient (Wildman–Crippen LogP) is 5.94. The Bertz CT molecular complexity index is 1530. The average molecular weight is 672 g/mol. The SMILES string of the molecule is C=CCN(C(=O)[C@@H]1[C@@H]2CCC3(O2)C(C(=O)N(CC=C)C(C)(C)CC(C)(C)C)N([C@H](CO)c2ccccc2)C(=O)[C@H]13)c1ccc(OCC)cc1. The van der Waals surface area contributed by atoms with Gasteiger partial charge in [-0.25, -0.2) is 0 Å². The molecule has 6 atom stereocenters. The van der Waals surface area contributed by atoms with Crippen LogP contribution in [0.15, 0.2) is 79.9 Å². The molecule has 2 aromatic rings. The first-order valence-corrected chi connectivity index (χ1v) is 17.5.